The molecule has 0 spiro atoms. The van der Waals surface area contributed by atoms with Crippen molar-refractivity contribution in [2.24, 2.45) is 0 Å². The second-order valence-corrected chi connectivity index (χ2v) is 6.62. The van der Waals surface area contributed by atoms with E-state index in [1.165, 1.54) is 22.6 Å². The van der Waals surface area contributed by atoms with Crippen LogP contribution in [0.1, 0.15) is 41.5 Å². The third-order valence-corrected chi connectivity index (χ3v) is 5.32. The molecule has 0 saturated heterocycles. The number of thiophene rings is 1. The molecule has 0 amide bonds. The van der Waals surface area contributed by atoms with Crippen LogP contribution in [0.5, 0.6) is 0 Å². The van der Waals surface area contributed by atoms with Crippen LogP contribution in [0.2, 0.25) is 0 Å². The molecule has 1 aromatic carbocycles. The highest BCUT2D eigenvalue weighted by atomic mass is 32.1. The molecular weight excluding hydrogens is 285 g/mol. The summed E-state index contributed by atoms with van der Waals surface area (Å²) in [5.74, 6) is -0.291. The van der Waals surface area contributed by atoms with Crippen molar-refractivity contribution in [1.29, 1.82) is 0 Å². The first kappa shape index (κ1) is 14.7. The van der Waals surface area contributed by atoms with Gasteiger partial charge in [0.05, 0.1) is 6.10 Å². The molecule has 1 aliphatic heterocycles. The first-order valence-electron chi connectivity index (χ1n) is 7.39. The van der Waals surface area contributed by atoms with Gasteiger partial charge in [-0.25, -0.2) is 4.39 Å². The Bertz CT molecular complexity index is 612. The van der Waals surface area contributed by atoms with E-state index in [2.05, 4.69) is 23.3 Å². The van der Waals surface area contributed by atoms with Crippen molar-refractivity contribution in [3.8, 4) is 0 Å². The van der Waals surface area contributed by atoms with Crippen molar-refractivity contribution in [2.45, 2.75) is 31.9 Å². The van der Waals surface area contributed by atoms with Gasteiger partial charge in [-0.1, -0.05) is 12.1 Å². The zero-order chi connectivity index (χ0) is 14.8. The van der Waals surface area contributed by atoms with Gasteiger partial charge in [-0.05, 0) is 54.5 Å². The molecule has 0 saturated carbocycles. The molecule has 4 heteroatoms. The highest BCUT2D eigenvalue weighted by molar-refractivity contribution is 7.10. The fraction of sp³-hybridized carbons (Fsp3) is 0.412. The lowest BCUT2D eigenvalue weighted by Crippen LogP contribution is -2.34. The number of hydrogen-bond acceptors (Lipinski definition) is 3. The van der Waals surface area contributed by atoms with Crippen LogP contribution in [-0.4, -0.2) is 23.1 Å². The van der Waals surface area contributed by atoms with Gasteiger partial charge in [-0.2, -0.15) is 0 Å². The van der Waals surface area contributed by atoms with Crippen LogP contribution in [-0.2, 0) is 6.42 Å². The Balaban J connectivity index is 1.61. The smallest absolute Gasteiger partial charge is 0.123 e. The maximum Gasteiger partial charge on any atom is 0.123 e. The second kappa shape index (κ2) is 6.26. The number of aliphatic hydroxyl groups is 1. The maximum atomic E-state index is 13.2. The first-order chi connectivity index (χ1) is 10.1. The summed E-state index contributed by atoms with van der Waals surface area (Å²) in [5, 5.41) is 12.4. The summed E-state index contributed by atoms with van der Waals surface area (Å²) in [6, 6.07) is 8.86. The molecule has 3 rings (SSSR count). The van der Waals surface area contributed by atoms with Gasteiger partial charge in [0.25, 0.3) is 0 Å². The average Bonchev–Trinajstić information content (AvgIpc) is 2.95. The van der Waals surface area contributed by atoms with Gasteiger partial charge in [0, 0.05) is 24.0 Å². The Labute approximate surface area is 128 Å². The lowest BCUT2D eigenvalue weighted by atomic mass is 10.00. The van der Waals surface area contributed by atoms with Crippen molar-refractivity contribution in [3.05, 3.63) is 57.5 Å². The molecule has 1 N–H and O–H groups in total. The summed E-state index contributed by atoms with van der Waals surface area (Å²) in [4.78, 5) is 3.89. The largest absolute Gasteiger partial charge is 0.388 e. The summed E-state index contributed by atoms with van der Waals surface area (Å²) < 4.78 is 13.2. The summed E-state index contributed by atoms with van der Waals surface area (Å²) in [6.07, 6.45) is 1.12. The highest BCUT2D eigenvalue weighted by Crippen LogP contribution is 2.33. The molecular formula is C17H20FNOS. The number of hydrogen-bond donors (Lipinski definition) is 1. The fourth-order valence-corrected chi connectivity index (χ4v) is 4.00. The molecule has 0 fully saturated rings. The predicted octanol–water partition coefficient (Wildman–Crippen LogP) is 3.93. The van der Waals surface area contributed by atoms with Crippen molar-refractivity contribution >= 4 is 11.3 Å². The summed E-state index contributed by atoms with van der Waals surface area (Å²) >= 11 is 1.84. The fourth-order valence-electron chi connectivity index (χ4n) is 3.04. The summed E-state index contributed by atoms with van der Waals surface area (Å²) in [6.45, 7) is 4.08. The van der Waals surface area contributed by atoms with E-state index in [4.69, 9.17) is 0 Å². The topological polar surface area (TPSA) is 23.5 Å². The molecule has 2 heterocycles. The van der Waals surface area contributed by atoms with E-state index in [1.54, 1.807) is 12.1 Å². The maximum absolute atomic E-state index is 13.2. The standard InChI is InChI=1S/C17H20FNOS/c1-12-15-7-10-21-17(15)6-9-19(12)8-5-16(20)13-3-2-4-14(18)11-13/h2-4,7,10-12,16,20H,5-6,8-9H2,1H3. The van der Waals surface area contributed by atoms with Crippen molar-refractivity contribution < 1.29 is 9.50 Å². The number of halogens is 1. The SMILES string of the molecule is CC1c2ccsc2CCN1CCC(O)c1cccc(F)c1. The number of aliphatic hydroxyl groups excluding tert-OH is 1. The van der Waals surface area contributed by atoms with Gasteiger partial charge >= 0.3 is 0 Å². The van der Waals surface area contributed by atoms with Gasteiger partial charge in [-0.15, -0.1) is 11.3 Å². The molecule has 2 aromatic rings. The van der Waals surface area contributed by atoms with Crippen molar-refractivity contribution in [3.63, 3.8) is 0 Å². The van der Waals surface area contributed by atoms with Crippen LogP contribution in [0.3, 0.4) is 0 Å². The molecule has 112 valence electrons. The van der Waals surface area contributed by atoms with Crippen LogP contribution >= 0.6 is 11.3 Å². The van der Waals surface area contributed by atoms with E-state index in [9.17, 15) is 9.50 Å². The number of benzene rings is 1. The van der Waals surface area contributed by atoms with Gasteiger partial charge in [0.1, 0.15) is 5.82 Å². The average molecular weight is 305 g/mol. The number of nitrogens with zero attached hydrogens (tertiary/aromatic N) is 1. The lowest BCUT2D eigenvalue weighted by Gasteiger charge is -2.34. The highest BCUT2D eigenvalue weighted by Gasteiger charge is 2.24. The van der Waals surface area contributed by atoms with Gasteiger partial charge in [0.2, 0.25) is 0 Å². The Morgan fingerprint density at radius 2 is 2.29 bits per heavy atom. The third-order valence-electron chi connectivity index (χ3n) is 4.33. The van der Waals surface area contributed by atoms with Gasteiger partial charge in [-0.3, -0.25) is 4.90 Å². The Morgan fingerprint density at radius 3 is 3.10 bits per heavy atom. The Kier molecular flexibility index (Phi) is 4.38. The molecule has 0 bridgehead atoms. The molecule has 2 atom stereocenters. The van der Waals surface area contributed by atoms with E-state index in [0.717, 1.165) is 19.5 Å². The van der Waals surface area contributed by atoms with E-state index >= 15 is 0 Å². The molecule has 0 aliphatic carbocycles. The van der Waals surface area contributed by atoms with Crippen molar-refractivity contribution in [1.82, 2.24) is 4.90 Å². The molecule has 2 nitrogen and oxygen atoms in total. The molecule has 21 heavy (non-hydrogen) atoms. The number of rotatable bonds is 4. The minimum atomic E-state index is -0.600. The minimum Gasteiger partial charge on any atom is -0.388 e. The number of fused-ring (bicyclic) bond motifs is 1. The lowest BCUT2D eigenvalue weighted by molar-refractivity contribution is 0.123. The normalized spacial score (nSPS) is 20.2. The molecule has 2 unspecified atom stereocenters. The van der Waals surface area contributed by atoms with Crippen LogP contribution in [0.15, 0.2) is 35.7 Å². The second-order valence-electron chi connectivity index (χ2n) is 5.62. The third kappa shape index (κ3) is 3.18. The van der Waals surface area contributed by atoms with Gasteiger partial charge in [0.15, 0.2) is 0 Å². The van der Waals surface area contributed by atoms with Crippen LogP contribution in [0.25, 0.3) is 0 Å². The van der Waals surface area contributed by atoms with E-state index in [0.29, 0.717) is 18.0 Å². The van der Waals surface area contributed by atoms with Crippen molar-refractivity contribution in [2.75, 3.05) is 13.1 Å². The summed E-state index contributed by atoms with van der Waals surface area (Å²) in [5.41, 5.74) is 2.09. The van der Waals surface area contributed by atoms with Crippen LogP contribution < -0.4 is 0 Å². The van der Waals surface area contributed by atoms with E-state index in [-0.39, 0.29) is 5.82 Å². The Hall–Kier alpha value is -1.23. The summed E-state index contributed by atoms with van der Waals surface area (Å²) in [7, 11) is 0. The van der Waals surface area contributed by atoms with E-state index in [1.807, 2.05) is 11.3 Å². The molecule has 1 aliphatic rings. The monoisotopic (exact) mass is 305 g/mol. The van der Waals surface area contributed by atoms with Crippen LogP contribution in [0.4, 0.5) is 4.39 Å². The molecule has 1 aromatic heterocycles. The predicted molar refractivity (Wildman–Crippen MR) is 84.0 cm³/mol. The zero-order valence-electron chi connectivity index (χ0n) is 12.1. The quantitative estimate of drug-likeness (QED) is 0.925. The Morgan fingerprint density at radius 1 is 1.43 bits per heavy atom. The minimum absolute atomic E-state index is 0.291. The van der Waals surface area contributed by atoms with E-state index < -0.39 is 6.10 Å². The van der Waals surface area contributed by atoms with Gasteiger partial charge < -0.3 is 5.11 Å². The molecule has 0 radical (unpaired) electrons. The zero-order valence-corrected chi connectivity index (χ0v) is 12.9. The first-order valence-corrected chi connectivity index (χ1v) is 8.27. The van der Waals surface area contributed by atoms with Crippen LogP contribution in [0, 0.1) is 5.82 Å².